The largest absolute Gasteiger partial charge is 0.507 e. The highest BCUT2D eigenvalue weighted by Gasteiger charge is 2.66. The van der Waals surface area contributed by atoms with Crippen LogP contribution < -0.4 is 15.2 Å². The Morgan fingerprint density at radius 3 is 2.19 bits per heavy atom. The monoisotopic (exact) mass is 329 g/mol. The average molecular weight is 330 g/mol. The Morgan fingerprint density at radius 2 is 1.71 bits per heavy atom. The predicted octanol–water partition coefficient (Wildman–Crippen LogP) is 2.77. The number of fused-ring (bicyclic) bond motifs is 1. The van der Waals surface area contributed by atoms with Gasteiger partial charge < -0.3 is 20.3 Å². The van der Waals surface area contributed by atoms with Gasteiger partial charge in [0.2, 0.25) is 0 Å². The van der Waals surface area contributed by atoms with Crippen molar-refractivity contribution in [1.29, 1.82) is 0 Å². The molecule has 1 aliphatic rings. The summed E-state index contributed by atoms with van der Waals surface area (Å²) < 4.78 is 59.9. The van der Waals surface area contributed by atoms with E-state index in [1.807, 2.05) is 0 Å². The van der Waals surface area contributed by atoms with Crippen molar-refractivity contribution in [2.45, 2.75) is 24.7 Å². The van der Waals surface area contributed by atoms with Gasteiger partial charge in [-0.1, -0.05) is 11.6 Å². The molecule has 0 fully saturated rings. The third-order valence-corrected chi connectivity index (χ3v) is 3.00. The van der Waals surface area contributed by atoms with Crippen LogP contribution in [-0.4, -0.2) is 23.3 Å². The minimum absolute atomic E-state index is 0.0394. The molecule has 116 valence electrons. The number of carboxylic acid groups (broad SMARTS) is 1. The van der Waals surface area contributed by atoms with Crippen LogP contribution in [0, 0.1) is 0 Å². The van der Waals surface area contributed by atoms with Gasteiger partial charge in [-0.3, -0.25) is 4.79 Å². The topological polar surface area (TPSA) is 81.8 Å². The summed E-state index contributed by atoms with van der Waals surface area (Å²) >= 11 is 5.76. The highest BCUT2D eigenvalue weighted by molar-refractivity contribution is 6.31. The molecule has 1 heterocycles. The number of hydrogen-bond acceptors (Lipinski definition) is 4. The number of aliphatic carboxylic acids is 1. The van der Waals surface area contributed by atoms with Crippen molar-refractivity contribution in [1.82, 2.24) is 0 Å². The number of hydrogen-bond donors (Lipinski definition) is 2. The molecule has 0 bridgehead atoms. The van der Waals surface area contributed by atoms with E-state index >= 15 is 0 Å². The van der Waals surface area contributed by atoms with E-state index in [0.29, 0.717) is 0 Å². The molecule has 0 radical (unpaired) electrons. The van der Waals surface area contributed by atoms with Crippen LogP contribution in [0.1, 0.15) is 18.0 Å². The minimum Gasteiger partial charge on any atom is -0.481 e. The molecular formula is C11H8ClF4NO4. The first-order valence-electron chi connectivity index (χ1n) is 5.48. The van der Waals surface area contributed by atoms with Crippen molar-refractivity contribution in [3.8, 4) is 11.5 Å². The van der Waals surface area contributed by atoms with Crippen molar-refractivity contribution >= 4 is 17.6 Å². The van der Waals surface area contributed by atoms with E-state index in [2.05, 4.69) is 9.47 Å². The molecule has 0 aliphatic carbocycles. The summed E-state index contributed by atoms with van der Waals surface area (Å²) in [7, 11) is 0. The maximum atomic E-state index is 13.0. The van der Waals surface area contributed by atoms with Gasteiger partial charge in [0.1, 0.15) is 0 Å². The lowest BCUT2D eigenvalue weighted by atomic mass is 10.0. The zero-order valence-corrected chi connectivity index (χ0v) is 10.8. The maximum Gasteiger partial charge on any atom is 0.507 e. The number of halogens is 5. The summed E-state index contributed by atoms with van der Waals surface area (Å²) in [5.41, 5.74) is 5.51. The van der Waals surface area contributed by atoms with Gasteiger partial charge in [0.25, 0.3) is 0 Å². The van der Waals surface area contributed by atoms with Crippen LogP contribution in [0.2, 0.25) is 5.02 Å². The number of carbonyl (C=O) groups is 1. The van der Waals surface area contributed by atoms with Gasteiger partial charge in [-0.2, -0.15) is 17.6 Å². The summed E-state index contributed by atoms with van der Waals surface area (Å²) in [6.07, 6.45) is -10.3. The SMILES string of the molecule is NC(CC(=O)O)c1cc2c(cc1Cl)OC(F)(F)C(F)(F)O2. The molecule has 1 aromatic carbocycles. The summed E-state index contributed by atoms with van der Waals surface area (Å²) in [6.45, 7) is 0. The van der Waals surface area contributed by atoms with Crippen molar-refractivity contribution < 1.29 is 36.9 Å². The molecule has 1 aromatic rings. The van der Waals surface area contributed by atoms with E-state index in [1.165, 1.54) is 0 Å². The number of benzene rings is 1. The lowest BCUT2D eigenvalue weighted by molar-refractivity contribution is -0.391. The number of carboxylic acids is 1. The van der Waals surface area contributed by atoms with E-state index in [0.717, 1.165) is 12.1 Å². The van der Waals surface area contributed by atoms with Gasteiger partial charge in [0.15, 0.2) is 11.5 Å². The van der Waals surface area contributed by atoms with Crippen molar-refractivity contribution in [2.75, 3.05) is 0 Å². The number of rotatable bonds is 3. The molecule has 0 spiro atoms. The summed E-state index contributed by atoms with van der Waals surface area (Å²) in [4.78, 5) is 10.6. The maximum absolute atomic E-state index is 13.0. The molecule has 0 saturated heterocycles. The average Bonchev–Trinajstić information content (AvgIpc) is 2.29. The van der Waals surface area contributed by atoms with Crippen molar-refractivity contribution in [2.24, 2.45) is 5.73 Å². The van der Waals surface area contributed by atoms with Crippen LogP contribution >= 0.6 is 11.6 Å². The van der Waals surface area contributed by atoms with Gasteiger partial charge >= 0.3 is 18.2 Å². The van der Waals surface area contributed by atoms with Gasteiger partial charge in [0.05, 0.1) is 6.42 Å². The summed E-state index contributed by atoms with van der Waals surface area (Å²) in [5, 5.41) is 8.43. The van der Waals surface area contributed by atoms with Crippen molar-refractivity contribution in [3.63, 3.8) is 0 Å². The Bertz CT molecular complexity index is 596. The molecule has 0 saturated carbocycles. The normalized spacial score (nSPS) is 19.9. The molecule has 5 nitrogen and oxygen atoms in total. The number of nitrogens with two attached hydrogens (primary N) is 1. The molecule has 2 rings (SSSR count). The third-order valence-electron chi connectivity index (χ3n) is 2.67. The van der Waals surface area contributed by atoms with Gasteiger partial charge in [0, 0.05) is 17.1 Å². The second-order valence-corrected chi connectivity index (χ2v) is 4.67. The summed E-state index contributed by atoms with van der Waals surface area (Å²) in [6, 6.07) is 0.547. The van der Waals surface area contributed by atoms with Crippen LogP contribution in [0.4, 0.5) is 17.6 Å². The van der Waals surface area contributed by atoms with Crippen LogP contribution in [-0.2, 0) is 4.79 Å². The van der Waals surface area contributed by atoms with Crippen LogP contribution in [0.3, 0.4) is 0 Å². The van der Waals surface area contributed by atoms with E-state index in [1.54, 1.807) is 0 Å². The highest BCUT2D eigenvalue weighted by atomic mass is 35.5. The quantitative estimate of drug-likeness (QED) is 0.833. The van der Waals surface area contributed by atoms with Gasteiger partial charge in [-0.05, 0) is 11.6 Å². The highest BCUT2D eigenvalue weighted by Crippen LogP contribution is 2.48. The molecule has 3 N–H and O–H groups in total. The second kappa shape index (κ2) is 4.92. The lowest BCUT2D eigenvalue weighted by Crippen LogP contribution is -2.52. The molecule has 0 aromatic heterocycles. The lowest BCUT2D eigenvalue weighted by Gasteiger charge is -2.32. The van der Waals surface area contributed by atoms with Gasteiger partial charge in [-0.25, -0.2) is 0 Å². The fraction of sp³-hybridized carbons (Fsp3) is 0.364. The Balaban J connectivity index is 2.42. The molecule has 0 amide bonds. The van der Waals surface area contributed by atoms with Crippen molar-refractivity contribution in [3.05, 3.63) is 22.7 Å². The molecule has 10 heteroatoms. The van der Waals surface area contributed by atoms with Crippen LogP contribution in [0.15, 0.2) is 12.1 Å². The van der Waals surface area contributed by atoms with Crippen LogP contribution in [0.25, 0.3) is 0 Å². The Kier molecular flexibility index (Phi) is 3.66. The Morgan fingerprint density at radius 1 is 1.24 bits per heavy atom. The molecule has 21 heavy (non-hydrogen) atoms. The number of alkyl halides is 4. The third kappa shape index (κ3) is 2.84. The molecule has 1 unspecified atom stereocenters. The molecule has 1 aliphatic heterocycles. The standard InChI is InChI=1S/C11H8ClF4NO4/c12-5-2-8-7(1-4(5)6(17)3-9(18)19)20-10(13,14)11(15,16)21-8/h1-2,6H,3,17H2,(H,18,19). The van der Waals surface area contributed by atoms with E-state index in [4.69, 9.17) is 22.4 Å². The molecular weight excluding hydrogens is 322 g/mol. The summed E-state index contributed by atoms with van der Waals surface area (Å²) in [5.74, 6) is -2.64. The first-order valence-corrected chi connectivity index (χ1v) is 5.86. The minimum atomic E-state index is -4.87. The first-order chi connectivity index (χ1) is 9.53. The smallest absolute Gasteiger partial charge is 0.481 e. The fourth-order valence-corrected chi connectivity index (χ4v) is 1.98. The van der Waals surface area contributed by atoms with E-state index < -0.39 is 42.1 Å². The second-order valence-electron chi connectivity index (χ2n) is 4.26. The van der Waals surface area contributed by atoms with Gasteiger partial charge in [-0.15, -0.1) is 0 Å². The Hall–Kier alpha value is -1.74. The fourth-order valence-electron chi connectivity index (χ4n) is 1.69. The van der Waals surface area contributed by atoms with Crippen LogP contribution in [0.5, 0.6) is 11.5 Å². The molecule has 1 atom stereocenters. The Labute approximate surface area is 120 Å². The predicted molar refractivity (Wildman–Crippen MR) is 61.8 cm³/mol. The van der Waals surface area contributed by atoms with E-state index in [9.17, 15) is 22.4 Å². The van der Waals surface area contributed by atoms with E-state index in [-0.39, 0.29) is 10.6 Å². The number of ether oxygens (including phenoxy) is 2. The zero-order chi connectivity index (χ0) is 16.0. The first kappa shape index (κ1) is 15.6. The zero-order valence-electron chi connectivity index (χ0n) is 10.1.